The first-order valence-electron chi connectivity index (χ1n) is 7.96. The Morgan fingerprint density at radius 1 is 0.870 bits per heavy atom. The summed E-state index contributed by atoms with van der Waals surface area (Å²) in [6.45, 7) is 5.41. The molecule has 4 heteroatoms. The predicted octanol–water partition coefficient (Wildman–Crippen LogP) is -0.00760. The maximum absolute atomic E-state index is 5.83. The fourth-order valence-corrected chi connectivity index (χ4v) is 2.65. The minimum absolute atomic E-state index is 0. The van der Waals surface area contributed by atoms with Crippen LogP contribution in [0.1, 0.15) is 11.1 Å². The fourth-order valence-electron chi connectivity index (χ4n) is 2.65. The van der Waals surface area contributed by atoms with Crippen LogP contribution >= 0.6 is 0 Å². The molecule has 3 rings (SSSR count). The average molecular weight is 333 g/mol. The van der Waals surface area contributed by atoms with Crippen molar-refractivity contribution >= 4 is 0 Å². The molecule has 23 heavy (non-hydrogen) atoms. The van der Waals surface area contributed by atoms with Crippen molar-refractivity contribution in [1.29, 1.82) is 0 Å². The lowest BCUT2D eigenvalue weighted by Gasteiger charge is -2.26. The van der Waals surface area contributed by atoms with Crippen LogP contribution < -0.4 is 17.1 Å². The Hall–Kier alpha value is -1.55. The summed E-state index contributed by atoms with van der Waals surface area (Å²) in [4.78, 5) is 2.38. The van der Waals surface area contributed by atoms with E-state index < -0.39 is 0 Å². The molecule has 124 valence electrons. The van der Waals surface area contributed by atoms with Gasteiger partial charge in [-0.15, -0.1) is 0 Å². The molecular formula is C19H23ClNO2-. The van der Waals surface area contributed by atoms with Gasteiger partial charge in [-0.3, -0.25) is 4.90 Å². The Morgan fingerprint density at radius 3 is 2.22 bits per heavy atom. The molecule has 0 amide bonds. The van der Waals surface area contributed by atoms with E-state index in [1.165, 1.54) is 11.1 Å². The highest BCUT2D eigenvalue weighted by molar-refractivity contribution is 5.31. The van der Waals surface area contributed by atoms with Crippen LogP contribution in [0, 0.1) is 0 Å². The van der Waals surface area contributed by atoms with Gasteiger partial charge in [0, 0.05) is 19.6 Å². The first kappa shape index (κ1) is 17.8. The SMILES string of the molecule is [Cl-].c1ccc(Cc2ccc(OCCN3CCOCC3)cc2)cc1. The van der Waals surface area contributed by atoms with Crippen molar-refractivity contribution in [3.8, 4) is 5.75 Å². The maximum atomic E-state index is 5.83. The molecule has 0 bridgehead atoms. The molecule has 2 aromatic carbocycles. The van der Waals surface area contributed by atoms with Gasteiger partial charge in [-0.25, -0.2) is 0 Å². The van der Waals surface area contributed by atoms with E-state index in [0.717, 1.165) is 51.6 Å². The summed E-state index contributed by atoms with van der Waals surface area (Å²) in [5.41, 5.74) is 2.65. The van der Waals surface area contributed by atoms with E-state index in [4.69, 9.17) is 9.47 Å². The van der Waals surface area contributed by atoms with E-state index >= 15 is 0 Å². The Morgan fingerprint density at radius 2 is 1.52 bits per heavy atom. The van der Waals surface area contributed by atoms with E-state index in [9.17, 15) is 0 Å². The predicted molar refractivity (Wildman–Crippen MR) is 88.4 cm³/mol. The summed E-state index contributed by atoms with van der Waals surface area (Å²) in [7, 11) is 0. The second-order valence-electron chi connectivity index (χ2n) is 5.61. The number of rotatable bonds is 6. The van der Waals surface area contributed by atoms with Gasteiger partial charge in [0.1, 0.15) is 12.4 Å². The summed E-state index contributed by atoms with van der Waals surface area (Å²) >= 11 is 0. The van der Waals surface area contributed by atoms with Gasteiger partial charge < -0.3 is 21.9 Å². The van der Waals surface area contributed by atoms with E-state index in [0.29, 0.717) is 0 Å². The summed E-state index contributed by atoms with van der Waals surface area (Å²) in [6, 6.07) is 19.0. The third kappa shape index (κ3) is 5.87. The van der Waals surface area contributed by atoms with Crippen LogP contribution in [0.4, 0.5) is 0 Å². The first-order valence-corrected chi connectivity index (χ1v) is 7.96. The van der Waals surface area contributed by atoms with Gasteiger partial charge in [0.25, 0.3) is 0 Å². The smallest absolute Gasteiger partial charge is 0.119 e. The lowest BCUT2D eigenvalue weighted by molar-refractivity contribution is -0.00000748. The number of ether oxygens (including phenoxy) is 2. The van der Waals surface area contributed by atoms with Crippen LogP contribution in [0.5, 0.6) is 5.75 Å². The summed E-state index contributed by atoms with van der Waals surface area (Å²) in [5.74, 6) is 0.949. The van der Waals surface area contributed by atoms with Crippen LogP contribution in [0.2, 0.25) is 0 Å². The van der Waals surface area contributed by atoms with Gasteiger partial charge >= 0.3 is 0 Å². The molecule has 0 aromatic heterocycles. The van der Waals surface area contributed by atoms with E-state index in [2.05, 4.69) is 59.5 Å². The third-order valence-corrected chi connectivity index (χ3v) is 3.95. The van der Waals surface area contributed by atoms with Crippen molar-refractivity contribution in [2.75, 3.05) is 39.5 Å². The van der Waals surface area contributed by atoms with Gasteiger partial charge in [-0.05, 0) is 29.7 Å². The molecule has 0 N–H and O–H groups in total. The number of hydrogen-bond acceptors (Lipinski definition) is 3. The molecule has 1 aliphatic rings. The molecule has 0 aliphatic carbocycles. The number of nitrogens with zero attached hydrogens (tertiary/aromatic N) is 1. The summed E-state index contributed by atoms with van der Waals surface area (Å²) in [6.07, 6.45) is 0.967. The molecule has 0 radical (unpaired) electrons. The van der Waals surface area contributed by atoms with Crippen molar-refractivity contribution in [1.82, 2.24) is 4.90 Å². The number of hydrogen-bond donors (Lipinski definition) is 0. The lowest BCUT2D eigenvalue weighted by atomic mass is 10.1. The average Bonchev–Trinajstić information content (AvgIpc) is 2.58. The molecule has 0 spiro atoms. The van der Waals surface area contributed by atoms with Crippen LogP contribution in [-0.4, -0.2) is 44.4 Å². The topological polar surface area (TPSA) is 21.7 Å². The second kappa shape index (κ2) is 9.56. The van der Waals surface area contributed by atoms with Crippen molar-refractivity contribution in [2.24, 2.45) is 0 Å². The molecule has 0 saturated carbocycles. The highest BCUT2D eigenvalue weighted by atomic mass is 35.5. The summed E-state index contributed by atoms with van der Waals surface area (Å²) in [5, 5.41) is 0. The highest BCUT2D eigenvalue weighted by Crippen LogP contribution is 2.15. The maximum Gasteiger partial charge on any atom is 0.119 e. The van der Waals surface area contributed by atoms with Crippen LogP contribution in [0.25, 0.3) is 0 Å². The van der Waals surface area contributed by atoms with E-state index in [1.807, 2.05) is 0 Å². The quantitative estimate of drug-likeness (QED) is 0.743. The zero-order valence-electron chi connectivity index (χ0n) is 13.3. The van der Waals surface area contributed by atoms with Crippen molar-refractivity contribution in [3.05, 3.63) is 65.7 Å². The van der Waals surface area contributed by atoms with Gasteiger partial charge in [0.15, 0.2) is 0 Å². The van der Waals surface area contributed by atoms with Crippen molar-refractivity contribution < 1.29 is 21.9 Å². The van der Waals surface area contributed by atoms with Gasteiger partial charge in [0.05, 0.1) is 13.2 Å². The number of halogens is 1. The molecule has 1 aliphatic heterocycles. The van der Waals surface area contributed by atoms with Gasteiger partial charge in [0.2, 0.25) is 0 Å². The number of benzene rings is 2. The monoisotopic (exact) mass is 332 g/mol. The molecule has 0 unspecified atom stereocenters. The molecule has 3 nitrogen and oxygen atoms in total. The molecule has 0 atom stereocenters. The van der Waals surface area contributed by atoms with Gasteiger partial charge in [-0.1, -0.05) is 42.5 Å². The fraction of sp³-hybridized carbons (Fsp3) is 0.368. The Labute approximate surface area is 144 Å². The molecule has 1 saturated heterocycles. The molecule has 2 aromatic rings. The van der Waals surface area contributed by atoms with Crippen LogP contribution in [0.15, 0.2) is 54.6 Å². The summed E-state index contributed by atoms with van der Waals surface area (Å²) < 4.78 is 11.2. The van der Waals surface area contributed by atoms with Crippen LogP contribution in [0.3, 0.4) is 0 Å². The largest absolute Gasteiger partial charge is 1.00 e. The normalized spacial score (nSPS) is 15.0. The van der Waals surface area contributed by atoms with Crippen molar-refractivity contribution in [3.63, 3.8) is 0 Å². The zero-order chi connectivity index (χ0) is 15.0. The molecule has 1 fully saturated rings. The molecule has 1 heterocycles. The lowest BCUT2D eigenvalue weighted by Crippen LogP contribution is -3.00. The van der Waals surface area contributed by atoms with Crippen molar-refractivity contribution in [2.45, 2.75) is 6.42 Å². The zero-order valence-corrected chi connectivity index (χ0v) is 14.0. The van der Waals surface area contributed by atoms with Crippen LogP contribution in [-0.2, 0) is 11.2 Å². The second-order valence-corrected chi connectivity index (χ2v) is 5.61. The van der Waals surface area contributed by atoms with Gasteiger partial charge in [-0.2, -0.15) is 0 Å². The first-order chi connectivity index (χ1) is 10.9. The van der Waals surface area contributed by atoms with E-state index in [1.54, 1.807) is 0 Å². The Balaban J connectivity index is 0.00000192. The van der Waals surface area contributed by atoms with E-state index in [-0.39, 0.29) is 12.4 Å². The standard InChI is InChI=1S/C19H23NO2.ClH/c1-2-4-17(5-3-1)16-18-6-8-19(9-7-18)22-15-12-20-10-13-21-14-11-20;/h1-9H,10-16H2;1H/p-1. The third-order valence-electron chi connectivity index (χ3n) is 3.95. The molecular weight excluding hydrogens is 310 g/mol. The number of morpholine rings is 1. The minimum atomic E-state index is 0. The Bertz CT molecular complexity index is 553. The highest BCUT2D eigenvalue weighted by Gasteiger charge is 2.09. The Kier molecular flexibility index (Phi) is 7.40. The minimum Gasteiger partial charge on any atom is -1.00 e.